The van der Waals surface area contributed by atoms with Crippen LogP contribution >= 0.6 is 0 Å². The zero-order chi connectivity index (χ0) is 15.3. The van der Waals surface area contributed by atoms with Gasteiger partial charge in [-0.2, -0.15) is 0 Å². The summed E-state index contributed by atoms with van der Waals surface area (Å²) in [5.74, 6) is 0.219. The first-order chi connectivity index (χ1) is 9.94. The van der Waals surface area contributed by atoms with Crippen LogP contribution in [0.25, 0.3) is 0 Å². The third kappa shape index (κ3) is 5.38. The fraction of sp³-hybridized carbons (Fsp3) is 0.588. The van der Waals surface area contributed by atoms with E-state index in [1.54, 1.807) is 0 Å². The van der Waals surface area contributed by atoms with Crippen LogP contribution in [-0.2, 0) is 11.3 Å². The van der Waals surface area contributed by atoms with Gasteiger partial charge in [-0.1, -0.05) is 32.4 Å². The van der Waals surface area contributed by atoms with Gasteiger partial charge in [-0.15, -0.1) is 0 Å². The van der Waals surface area contributed by atoms with Crippen molar-refractivity contribution in [2.75, 3.05) is 6.61 Å². The lowest BCUT2D eigenvalue weighted by atomic mass is 9.75. The smallest absolute Gasteiger partial charge is 0.255 e. The van der Waals surface area contributed by atoms with E-state index in [0.717, 1.165) is 6.54 Å². The van der Waals surface area contributed by atoms with Crippen LogP contribution in [0.1, 0.15) is 45.1 Å². The van der Waals surface area contributed by atoms with Gasteiger partial charge < -0.3 is 15.8 Å². The highest BCUT2D eigenvalue weighted by atomic mass is 16.5. The van der Waals surface area contributed by atoms with Gasteiger partial charge in [0.1, 0.15) is 5.75 Å². The SMILES string of the molecule is CC1(C)CCCC(NCc2ccc(OCC(N)=O)cc2)C1. The molecule has 2 rings (SSSR count). The molecule has 1 aromatic rings. The molecule has 21 heavy (non-hydrogen) atoms. The molecule has 1 aliphatic carbocycles. The Morgan fingerprint density at radius 1 is 1.38 bits per heavy atom. The number of rotatable bonds is 6. The van der Waals surface area contributed by atoms with E-state index in [2.05, 4.69) is 19.2 Å². The van der Waals surface area contributed by atoms with Crippen molar-refractivity contribution in [2.45, 2.75) is 52.1 Å². The molecule has 116 valence electrons. The van der Waals surface area contributed by atoms with Crippen molar-refractivity contribution < 1.29 is 9.53 Å². The molecule has 1 aromatic carbocycles. The number of carbonyl (C=O) groups is 1. The van der Waals surface area contributed by atoms with Crippen molar-refractivity contribution in [3.8, 4) is 5.75 Å². The van der Waals surface area contributed by atoms with E-state index in [1.165, 1.54) is 31.2 Å². The molecule has 1 amide bonds. The minimum atomic E-state index is -0.458. The molecular formula is C17H26N2O2. The predicted octanol–water partition coefficient (Wildman–Crippen LogP) is 2.61. The minimum absolute atomic E-state index is 0.0746. The van der Waals surface area contributed by atoms with E-state index >= 15 is 0 Å². The van der Waals surface area contributed by atoms with E-state index in [0.29, 0.717) is 17.2 Å². The molecule has 0 radical (unpaired) electrons. The molecule has 0 spiro atoms. The molecule has 1 fully saturated rings. The summed E-state index contributed by atoms with van der Waals surface area (Å²) in [6.07, 6.45) is 5.15. The lowest BCUT2D eigenvalue weighted by molar-refractivity contribution is -0.119. The van der Waals surface area contributed by atoms with Gasteiger partial charge in [0.2, 0.25) is 0 Å². The Kier molecular flexibility index (Phi) is 5.23. The van der Waals surface area contributed by atoms with Crippen molar-refractivity contribution in [2.24, 2.45) is 11.1 Å². The minimum Gasteiger partial charge on any atom is -0.484 e. The second-order valence-electron chi connectivity index (χ2n) is 6.74. The second kappa shape index (κ2) is 6.94. The van der Waals surface area contributed by atoms with Gasteiger partial charge in [0.25, 0.3) is 5.91 Å². The summed E-state index contributed by atoms with van der Waals surface area (Å²) >= 11 is 0. The number of primary amides is 1. The van der Waals surface area contributed by atoms with Gasteiger partial charge in [0, 0.05) is 12.6 Å². The molecule has 4 nitrogen and oxygen atoms in total. The summed E-state index contributed by atoms with van der Waals surface area (Å²) in [6.45, 7) is 5.50. The van der Waals surface area contributed by atoms with Crippen molar-refractivity contribution in [1.29, 1.82) is 0 Å². The van der Waals surface area contributed by atoms with Crippen LogP contribution in [0.4, 0.5) is 0 Å². The van der Waals surface area contributed by atoms with Gasteiger partial charge in [0.15, 0.2) is 6.61 Å². The standard InChI is InChI=1S/C17H26N2O2/c1-17(2)9-3-4-14(10-17)19-11-13-5-7-15(8-6-13)21-12-16(18)20/h5-8,14,19H,3-4,9-12H2,1-2H3,(H2,18,20). The van der Waals surface area contributed by atoms with Crippen LogP contribution in [0.2, 0.25) is 0 Å². The molecule has 1 aliphatic rings. The first kappa shape index (κ1) is 15.8. The molecule has 0 saturated heterocycles. The van der Waals surface area contributed by atoms with Crippen LogP contribution in [0.5, 0.6) is 5.75 Å². The quantitative estimate of drug-likeness (QED) is 0.846. The molecule has 1 atom stereocenters. The van der Waals surface area contributed by atoms with Crippen LogP contribution in [-0.4, -0.2) is 18.6 Å². The van der Waals surface area contributed by atoms with E-state index in [9.17, 15) is 4.79 Å². The highest BCUT2D eigenvalue weighted by Gasteiger charge is 2.27. The average Bonchev–Trinajstić information content (AvgIpc) is 2.43. The Labute approximate surface area is 127 Å². The van der Waals surface area contributed by atoms with E-state index in [1.807, 2.05) is 24.3 Å². The topological polar surface area (TPSA) is 64.3 Å². The van der Waals surface area contributed by atoms with Crippen LogP contribution in [0, 0.1) is 5.41 Å². The zero-order valence-corrected chi connectivity index (χ0v) is 13.0. The Bertz CT molecular complexity index is 468. The number of nitrogens with one attached hydrogen (secondary N) is 1. The van der Waals surface area contributed by atoms with Crippen molar-refractivity contribution in [3.05, 3.63) is 29.8 Å². The lowest BCUT2D eigenvalue weighted by Gasteiger charge is -2.35. The Balaban J connectivity index is 1.79. The molecule has 0 aromatic heterocycles. The summed E-state index contributed by atoms with van der Waals surface area (Å²) < 4.78 is 5.25. The fourth-order valence-electron chi connectivity index (χ4n) is 2.99. The lowest BCUT2D eigenvalue weighted by Crippen LogP contribution is -2.36. The average molecular weight is 290 g/mol. The van der Waals surface area contributed by atoms with Crippen molar-refractivity contribution in [3.63, 3.8) is 0 Å². The largest absolute Gasteiger partial charge is 0.484 e. The normalized spacial score (nSPS) is 21.0. The molecule has 1 unspecified atom stereocenters. The molecule has 3 N–H and O–H groups in total. The van der Waals surface area contributed by atoms with Gasteiger partial charge in [-0.25, -0.2) is 0 Å². The number of hydrogen-bond donors (Lipinski definition) is 2. The van der Waals surface area contributed by atoms with E-state index in [4.69, 9.17) is 10.5 Å². The van der Waals surface area contributed by atoms with Gasteiger partial charge in [-0.3, -0.25) is 4.79 Å². The summed E-state index contributed by atoms with van der Waals surface area (Å²) in [6, 6.07) is 8.42. The molecule has 0 heterocycles. The predicted molar refractivity (Wildman–Crippen MR) is 84.0 cm³/mol. The van der Waals surface area contributed by atoms with Gasteiger partial charge >= 0.3 is 0 Å². The number of benzene rings is 1. The van der Waals surface area contributed by atoms with Gasteiger partial charge in [0.05, 0.1) is 0 Å². The number of amides is 1. The molecule has 1 saturated carbocycles. The Morgan fingerprint density at radius 2 is 2.10 bits per heavy atom. The first-order valence-corrected chi connectivity index (χ1v) is 7.68. The maximum atomic E-state index is 10.7. The van der Waals surface area contributed by atoms with Gasteiger partial charge in [-0.05, 0) is 42.4 Å². The monoisotopic (exact) mass is 290 g/mol. The van der Waals surface area contributed by atoms with E-state index in [-0.39, 0.29) is 6.61 Å². The molecular weight excluding hydrogens is 264 g/mol. The third-order valence-electron chi connectivity index (χ3n) is 4.10. The molecule has 4 heteroatoms. The summed E-state index contributed by atoms with van der Waals surface area (Å²) in [5, 5.41) is 3.65. The van der Waals surface area contributed by atoms with E-state index < -0.39 is 5.91 Å². The number of ether oxygens (including phenoxy) is 1. The van der Waals surface area contributed by atoms with Crippen molar-refractivity contribution in [1.82, 2.24) is 5.32 Å². The summed E-state index contributed by atoms with van der Waals surface area (Å²) in [4.78, 5) is 10.7. The van der Waals surface area contributed by atoms with Crippen molar-refractivity contribution >= 4 is 5.91 Å². The number of nitrogens with two attached hydrogens (primary N) is 1. The Hall–Kier alpha value is -1.55. The number of hydrogen-bond acceptors (Lipinski definition) is 3. The maximum Gasteiger partial charge on any atom is 0.255 e. The summed E-state index contributed by atoms with van der Waals surface area (Å²) in [5.41, 5.74) is 6.74. The second-order valence-corrected chi connectivity index (χ2v) is 6.74. The van der Waals surface area contributed by atoms with Crippen LogP contribution < -0.4 is 15.8 Å². The Morgan fingerprint density at radius 3 is 2.71 bits per heavy atom. The zero-order valence-electron chi connectivity index (χ0n) is 13.0. The number of carbonyl (C=O) groups excluding carboxylic acids is 1. The first-order valence-electron chi connectivity index (χ1n) is 7.68. The third-order valence-corrected chi connectivity index (χ3v) is 4.10. The molecule has 0 aliphatic heterocycles. The van der Waals surface area contributed by atoms with Crippen LogP contribution in [0.15, 0.2) is 24.3 Å². The fourth-order valence-corrected chi connectivity index (χ4v) is 2.99. The summed E-state index contributed by atoms with van der Waals surface area (Å²) in [7, 11) is 0. The highest BCUT2D eigenvalue weighted by molar-refractivity contribution is 5.75. The molecule has 0 bridgehead atoms. The highest BCUT2D eigenvalue weighted by Crippen LogP contribution is 2.35. The maximum absolute atomic E-state index is 10.7. The van der Waals surface area contributed by atoms with Crippen LogP contribution in [0.3, 0.4) is 0 Å².